The number of aryl methyl sites for hydroxylation is 2. The molecule has 0 saturated carbocycles. The van der Waals surface area contributed by atoms with E-state index in [4.69, 9.17) is 0 Å². The molecule has 0 aromatic heterocycles. The van der Waals surface area contributed by atoms with Gasteiger partial charge in [0.2, 0.25) is 0 Å². The van der Waals surface area contributed by atoms with Gasteiger partial charge in [0.15, 0.2) is 0 Å². The SMILES string of the molecule is Cc1ccc(C(C)N(C)CC2CCCNC2)cc1C. The van der Waals surface area contributed by atoms with E-state index in [0.29, 0.717) is 6.04 Å². The van der Waals surface area contributed by atoms with E-state index in [1.54, 1.807) is 0 Å². The molecule has 0 spiro atoms. The Hall–Kier alpha value is -0.860. The van der Waals surface area contributed by atoms with Gasteiger partial charge in [-0.2, -0.15) is 0 Å². The summed E-state index contributed by atoms with van der Waals surface area (Å²) in [6, 6.07) is 7.37. The summed E-state index contributed by atoms with van der Waals surface area (Å²) in [5.74, 6) is 0.813. The van der Waals surface area contributed by atoms with Crippen LogP contribution in [-0.2, 0) is 0 Å². The van der Waals surface area contributed by atoms with Crippen molar-refractivity contribution < 1.29 is 0 Å². The van der Waals surface area contributed by atoms with E-state index in [-0.39, 0.29) is 0 Å². The van der Waals surface area contributed by atoms with Crippen LogP contribution in [0, 0.1) is 19.8 Å². The average Bonchev–Trinajstić information content (AvgIpc) is 2.42. The van der Waals surface area contributed by atoms with Crippen LogP contribution in [0.2, 0.25) is 0 Å². The lowest BCUT2D eigenvalue weighted by Gasteiger charge is -2.31. The molecule has 0 aliphatic carbocycles. The molecule has 2 heteroatoms. The molecule has 0 amide bonds. The van der Waals surface area contributed by atoms with E-state index in [1.807, 2.05) is 0 Å². The van der Waals surface area contributed by atoms with Gasteiger partial charge < -0.3 is 5.32 Å². The lowest BCUT2D eigenvalue weighted by atomic mass is 9.97. The Kier molecular flexibility index (Phi) is 5.00. The quantitative estimate of drug-likeness (QED) is 0.893. The van der Waals surface area contributed by atoms with Gasteiger partial charge in [0, 0.05) is 12.6 Å². The van der Waals surface area contributed by atoms with Gasteiger partial charge in [0.1, 0.15) is 0 Å². The van der Waals surface area contributed by atoms with Crippen LogP contribution in [0.5, 0.6) is 0 Å². The topological polar surface area (TPSA) is 15.3 Å². The van der Waals surface area contributed by atoms with Gasteiger partial charge in [0.05, 0.1) is 0 Å². The highest BCUT2D eigenvalue weighted by atomic mass is 15.1. The molecular formula is C17H28N2. The zero-order valence-electron chi connectivity index (χ0n) is 12.9. The third kappa shape index (κ3) is 3.80. The summed E-state index contributed by atoms with van der Waals surface area (Å²) >= 11 is 0. The Labute approximate surface area is 118 Å². The molecule has 2 unspecified atom stereocenters. The summed E-state index contributed by atoms with van der Waals surface area (Å²) in [5, 5.41) is 3.51. The smallest absolute Gasteiger partial charge is 0.0317 e. The zero-order valence-corrected chi connectivity index (χ0v) is 12.9. The van der Waals surface area contributed by atoms with Crippen molar-refractivity contribution in [2.24, 2.45) is 5.92 Å². The van der Waals surface area contributed by atoms with E-state index < -0.39 is 0 Å². The van der Waals surface area contributed by atoms with Crippen LogP contribution in [0.15, 0.2) is 18.2 Å². The van der Waals surface area contributed by atoms with Crippen LogP contribution < -0.4 is 5.32 Å². The molecule has 19 heavy (non-hydrogen) atoms. The standard InChI is InChI=1S/C17H28N2/c1-13-7-8-17(10-14(13)2)15(3)19(4)12-16-6-5-9-18-11-16/h7-8,10,15-16,18H,5-6,9,11-12H2,1-4H3. The molecule has 1 saturated heterocycles. The highest BCUT2D eigenvalue weighted by Gasteiger charge is 2.19. The zero-order chi connectivity index (χ0) is 13.8. The molecule has 0 radical (unpaired) electrons. The molecule has 1 N–H and O–H groups in total. The Balaban J connectivity index is 1.97. The molecule has 2 atom stereocenters. The van der Waals surface area contributed by atoms with Crippen molar-refractivity contribution in [2.75, 3.05) is 26.7 Å². The molecule has 1 aliphatic rings. The van der Waals surface area contributed by atoms with Gasteiger partial charge in [-0.3, -0.25) is 4.90 Å². The number of nitrogens with zero attached hydrogens (tertiary/aromatic N) is 1. The molecule has 1 aromatic rings. The first-order valence-electron chi connectivity index (χ1n) is 7.56. The Morgan fingerprint density at radius 3 is 2.74 bits per heavy atom. The Morgan fingerprint density at radius 2 is 2.11 bits per heavy atom. The molecule has 1 aromatic carbocycles. The van der Waals surface area contributed by atoms with Gasteiger partial charge in [-0.25, -0.2) is 0 Å². The largest absolute Gasteiger partial charge is 0.316 e. The normalized spacial score (nSPS) is 21.6. The lowest BCUT2D eigenvalue weighted by molar-refractivity contribution is 0.199. The fraction of sp³-hybridized carbons (Fsp3) is 0.647. The van der Waals surface area contributed by atoms with Crippen LogP contribution in [0.1, 0.15) is 42.5 Å². The van der Waals surface area contributed by atoms with Crippen LogP contribution in [0.25, 0.3) is 0 Å². The minimum Gasteiger partial charge on any atom is -0.316 e. The van der Waals surface area contributed by atoms with Crippen molar-refractivity contribution in [2.45, 2.75) is 39.7 Å². The van der Waals surface area contributed by atoms with Crippen LogP contribution in [0.4, 0.5) is 0 Å². The van der Waals surface area contributed by atoms with Gasteiger partial charge >= 0.3 is 0 Å². The fourth-order valence-corrected chi connectivity index (χ4v) is 2.92. The number of rotatable bonds is 4. The molecule has 2 rings (SSSR count). The second kappa shape index (κ2) is 6.53. The maximum absolute atomic E-state index is 3.51. The second-order valence-electron chi connectivity index (χ2n) is 6.17. The predicted molar refractivity (Wildman–Crippen MR) is 82.6 cm³/mol. The first-order valence-corrected chi connectivity index (χ1v) is 7.56. The maximum Gasteiger partial charge on any atom is 0.0317 e. The fourth-order valence-electron chi connectivity index (χ4n) is 2.92. The Bertz CT molecular complexity index is 408. The monoisotopic (exact) mass is 260 g/mol. The van der Waals surface area contributed by atoms with Crippen molar-refractivity contribution in [3.63, 3.8) is 0 Å². The van der Waals surface area contributed by atoms with E-state index in [2.05, 4.69) is 56.2 Å². The van der Waals surface area contributed by atoms with Gasteiger partial charge in [0.25, 0.3) is 0 Å². The summed E-state index contributed by atoms with van der Waals surface area (Å²) in [7, 11) is 2.26. The molecule has 0 bridgehead atoms. The third-order valence-corrected chi connectivity index (χ3v) is 4.62. The van der Waals surface area contributed by atoms with Crippen LogP contribution in [-0.4, -0.2) is 31.6 Å². The maximum atomic E-state index is 3.51. The molecular weight excluding hydrogens is 232 g/mol. The summed E-state index contributed by atoms with van der Waals surface area (Å²) < 4.78 is 0. The van der Waals surface area contributed by atoms with Gasteiger partial charge in [-0.15, -0.1) is 0 Å². The predicted octanol–water partition coefficient (Wildman–Crippen LogP) is 3.30. The van der Waals surface area contributed by atoms with Crippen molar-refractivity contribution in [1.82, 2.24) is 10.2 Å². The van der Waals surface area contributed by atoms with Crippen molar-refractivity contribution >= 4 is 0 Å². The molecule has 1 aliphatic heterocycles. The second-order valence-corrected chi connectivity index (χ2v) is 6.17. The molecule has 1 fully saturated rings. The van der Waals surface area contributed by atoms with Gasteiger partial charge in [-0.1, -0.05) is 18.2 Å². The Morgan fingerprint density at radius 1 is 1.32 bits per heavy atom. The summed E-state index contributed by atoms with van der Waals surface area (Å²) in [5.41, 5.74) is 4.22. The minimum atomic E-state index is 0.501. The van der Waals surface area contributed by atoms with E-state index >= 15 is 0 Å². The number of nitrogens with one attached hydrogen (secondary N) is 1. The highest BCUT2D eigenvalue weighted by molar-refractivity contribution is 5.31. The van der Waals surface area contributed by atoms with Crippen molar-refractivity contribution in [3.8, 4) is 0 Å². The van der Waals surface area contributed by atoms with Gasteiger partial charge in [-0.05, 0) is 76.4 Å². The summed E-state index contributed by atoms with van der Waals surface area (Å²) in [4.78, 5) is 2.50. The van der Waals surface area contributed by atoms with E-state index in [0.717, 1.165) is 5.92 Å². The third-order valence-electron chi connectivity index (χ3n) is 4.62. The first kappa shape index (κ1) is 14.5. The van der Waals surface area contributed by atoms with Crippen molar-refractivity contribution in [1.29, 1.82) is 0 Å². The number of hydrogen-bond acceptors (Lipinski definition) is 2. The summed E-state index contributed by atoms with van der Waals surface area (Å²) in [6.07, 6.45) is 2.70. The lowest BCUT2D eigenvalue weighted by Crippen LogP contribution is -2.37. The van der Waals surface area contributed by atoms with Crippen LogP contribution >= 0.6 is 0 Å². The first-order chi connectivity index (χ1) is 9.08. The average molecular weight is 260 g/mol. The van der Waals surface area contributed by atoms with Crippen LogP contribution in [0.3, 0.4) is 0 Å². The molecule has 106 valence electrons. The number of benzene rings is 1. The number of hydrogen-bond donors (Lipinski definition) is 1. The number of piperidine rings is 1. The minimum absolute atomic E-state index is 0.501. The van der Waals surface area contributed by atoms with E-state index in [9.17, 15) is 0 Å². The highest BCUT2D eigenvalue weighted by Crippen LogP contribution is 2.23. The van der Waals surface area contributed by atoms with E-state index in [1.165, 1.54) is 49.2 Å². The molecule has 1 heterocycles. The molecule has 2 nitrogen and oxygen atoms in total. The summed E-state index contributed by atoms with van der Waals surface area (Å²) in [6.45, 7) is 10.3. The van der Waals surface area contributed by atoms with Crippen molar-refractivity contribution in [3.05, 3.63) is 34.9 Å².